The summed E-state index contributed by atoms with van der Waals surface area (Å²) in [6.45, 7) is 8.60. The van der Waals surface area contributed by atoms with Crippen molar-refractivity contribution in [3.63, 3.8) is 0 Å². The highest BCUT2D eigenvalue weighted by molar-refractivity contribution is 5.80. The number of rotatable bonds is 3. The molecule has 3 heterocycles. The average molecular weight is 349 g/mol. The van der Waals surface area contributed by atoms with Crippen LogP contribution in [0.15, 0.2) is 0 Å². The third-order valence-electron chi connectivity index (χ3n) is 5.01. The van der Waals surface area contributed by atoms with E-state index in [0.29, 0.717) is 38.6 Å². The summed E-state index contributed by atoms with van der Waals surface area (Å²) in [5, 5.41) is 7.16. The van der Waals surface area contributed by atoms with Gasteiger partial charge in [-0.1, -0.05) is 13.8 Å². The molecule has 0 bridgehead atoms. The van der Waals surface area contributed by atoms with Crippen LogP contribution in [0.2, 0.25) is 0 Å². The van der Waals surface area contributed by atoms with E-state index in [1.165, 1.54) is 0 Å². The first kappa shape index (κ1) is 17.8. The van der Waals surface area contributed by atoms with Gasteiger partial charge in [-0.25, -0.2) is 4.98 Å². The zero-order valence-electron chi connectivity index (χ0n) is 15.2. The van der Waals surface area contributed by atoms with Gasteiger partial charge in [-0.05, 0) is 12.8 Å². The van der Waals surface area contributed by atoms with Gasteiger partial charge in [0.05, 0.1) is 13.2 Å². The van der Waals surface area contributed by atoms with E-state index >= 15 is 0 Å². The molecule has 25 heavy (non-hydrogen) atoms. The number of H-pyrrole nitrogens is 1. The fourth-order valence-corrected chi connectivity index (χ4v) is 3.40. The number of ether oxygens (including phenoxy) is 1. The van der Waals surface area contributed by atoms with Crippen molar-refractivity contribution in [2.75, 3.05) is 32.8 Å². The molecule has 0 aromatic carbocycles. The number of hydrogen-bond donors (Lipinski definition) is 1. The number of hydrogen-bond acceptors (Lipinski definition) is 5. The van der Waals surface area contributed by atoms with E-state index in [1.807, 2.05) is 23.6 Å². The first-order chi connectivity index (χ1) is 12.0. The molecule has 1 aromatic heterocycles. The minimum atomic E-state index is -0.255. The molecule has 0 saturated carbocycles. The molecule has 1 aromatic rings. The summed E-state index contributed by atoms with van der Waals surface area (Å²) in [6.07, 6.45) is 1.22. The van der Waals surface area contributed by atoms with E-state index in [-0.39, 0.29) is 29.8 Å². The number of carbonyl (C=O) groups excluding carboxylic acids is 2. The molecule has 2 amide bonds. The number of likely N-dealkylation sites (tertiary alicyclic amines) is 1. The van der Waals surface area contributed by atoms with Gasteiger partial charge in [-0.2, -0.15) is 5.10 Å². The Kier molecular flexibility index (Phi) is 5.36. The predicted molar refractivity (Wildman–Crippen MR) is 90.7 cm³/mol. The Balaban J connectivity index is 1.59. The molecule has 2 aliphatic heterocycles. The normalized spacial score (nSPS) is 22.5. The van der Waals surface area contributed by atoms with E-state index < -0.39 is 0 Å². The molecule has 1 N–H and O–H groups in total. The first-order valence-electron chi connectivity index (χ1n) is 9.03. The lowest BCUT2D eigenvalue weighted by Gasteiger charge is -2.37. The van der Waals surface area contributed by atoms with Crippen LogP contribution in [0.4, 0.5) is 0 Å². The van der Waals surface area contributed by atoms with Gasteiger partial charge >= 0.3 is 0 Å². The zero-order valence-corrected chi connectivity index (χ0v) is 15.2. The highest BCUT2D eigenvalue weighted by Gasteiger charge is 2.33. The van der Waals surface area contributed by atoms with Crippen LogP contribution in [-0.4, -0.2) is 69.6 Å². The number of nitrogens with zero attached hydrogens (tertiary/aromatic N) is 4. The molecule has 8 nitrogen and oxygen atoms in total. The molecule has 1 atom stereocenters. The second-order valence-corrected chi connectivity index (χ2v) is 7.16. The maximum atomic E-state index is 12.8. The van der Waals surface area contributed by atoms with E-state index in [0.717, 1.165) is 18.7 Å². The highest BCUT2D eigenvalue weighted by Crippen LogP contribution is 2.25. The maximum Gasteiger partial charge on any atom is 0.225 e. The number of nitrogens with one attached hydrogen (secondary N) is 1. The van der Waals surface area contributed by atoms with Gasteiger partial charge in [-0.15, -0.1) is 0 Å². The first-order valence-corrected chi connectivity index (χ1v) is 9.03. The molecule has 3 rings (SSSR count). The second kappa shape index (κ2) is 7.51. The lowest BCUT2D eigenvalue weighted by molar-refractivity contribution is -0.146. The molecule has 0 radical (unpaired) electrons. The molecule has 0 unspecified atom stereocenters. The van der Waals surface area contributed by atoms with E-state index in [1.54, 1.807) is 6.92 Å². The van der Waals surface area contributed by atoms with E-state index in [9.17, 15) is 9.59 Å². The summed E-state index contributed by atoms with van der Waals surface area (Å²) >= 11 is 0. The summed E-state index contributed by atoms with van der Waals surface area (Å²) in [4.78, 5) is 32.4. The van der Waals surface area contributed by atoms with Gasteiger partial charge < -0.3 is 14.5 Å². The van der Waals surface area contributed by atoms with Gasteiger partial charge in [0, 0.05) is 38.4 Å². The van der Waals surface area contributed by atoms with Crippen LogP contribution in [0, 0.1) is 5.92 Å². The van der Waals surface area contributed by atoms with Crippen molar-refractivity contribution in [1.82, 2.24) is 25.0 Å². The fraction of sp³-hybridized carbons (Fsp3) is 0.765. The summed E-state index contributed by atoms with van der Waals surface area (Å²) < 4.78 is 5.79. The SMILES string of the molecule is CC(=O)N1CCC(C(=O)N2CCO[C@H](c3nc(C(C)C)n[nH]3)C2)CC1. The topological polar surface area (TPSA) is 91.4 Å². The molecular weight excluding hydrogens is 322 g/mol. The lowest BCUT2D eigenvalue weighted by Crippen LogP contribution is -2.48. The van der Waals surface area contributed by atoms with Crippen molar-refractivity contribution in [3.05, 3.63) is 11.6 Å². The zero-order chi connectivity index (χ0) is 18.0. The van der Waals surface area contributed by atoms with Crippen LogP contribution >= 0.6 is 0 Å². The quantitative estimate of drug-likeness (QED) is 0.882. The monoisotopic (exact) mass is 349 g/mol. The van der Waals surface area contributed by atoms with Gasteiger partial charge in [0.25, 0.3) is 0 Å². The Bertz CT molecular complexity index is 622. The Hall–Kier alpha value is -1.96. The maximum absolute atomic E-state index is 12.8. The lowest BCUT2D eigenvalue weighted by atomic mass is 9.95. The summed E-state index contributed by atoms with van der Waals surface area (Å²) in [6, 6.07) is 0. The number of morpholine rings is 1. The Morgan fingerprint density at radius 1 is 1.20 bits per heavy atom. The van der Waals surface area contributed by atoms with Gasteiger partial charge in [0.15, 0.2) is 11.6 Å². The molecule has 0 aliphatic carbocycles. The molecular formula is C17H27N5O3. The number of aromatic amines is 1. The van der Waals surface area contributed by atoms with Crippen LogP contribution < -0.4 is 0 Å². The Morgan fingerprint density at radius 3 is 2.52 bits per heavy atom. The van der Waals surface area contributed by atoms with Gasteiger partial charge in [-0.3, -0.25) is 14.7 Å². The third kappa shape index (κ3) is 4.00. The smallest absolute Gasteiger partial charge is 0.225 e. The van der Waals surface area contributed by atoms with Crippen molar-refractivity contribution in [3.8, 4) is 0 Å². The number of carbonyl (C=O) groups is 2. The summed E-state index contributed by atoms with van der Waals surface area (Å²) in [5.74, 6) is 1.95. The van der Waals surface area contributed by atoms with E-state index in [4.69, 9.17) is 4.74 Å². The molecule has 0 spiro atoms. The summed E-state index contributed by atoms with van der Waals surface area (Å²) in [7, 11) is 0. The molecule has 8 heteroatoms. The molecule has 2 saturated heterocycles. The average Bonchev–Trinajstić information content (AvgIpc) is 3.12. The van der Waals surface area contributed by atoms with Crippen LogP contribution in [0.25, 0.3) is 0 Å². The van der Waals surface area contributed by atoms with Gasteiger partial charge in [0.2, 0.25) is 11.8 Å². The highest BCUT2D eigenvalue weighted by atomic mass is 16.5. The molecule has 2 fully saturated rings. The predicted octanol–water partition coefficient (Wildman–Crippen LogP) is 1.09. The van der Waals surface area contributed by atoms with Crippen LogP contribution in [0.5, 0.6) is 0 Å². The van der Waals surface area contributed by atoms with Crippen molar-refractivity contribution < 1.29 is 14.3 Å². The van der Waals surface area contributed by atoms with Crippen molar-refractivity contribution in [2.45, 2.75) is 45.6 Å². The van der Waals surface area contributed by atoms with Crippen molar-refractivity contribution in [2.24, 2.45) is 5.92 Å². The van der Waals surface area contributed by atoms with Crippen LogP contribution in [0.1, 0.15) is 57.3 Å². The number of piperidine rings is 1. The number of aromatic nitrogens is 3. The number of amides is 2. The van der Waals surface area contributed by atoms with E-state index in [2.05, 4.69) is 15.2 Å². The summed E-state index contributed by atoms with van der Waals surface area (Å²) in [5.41, 5.74) is 0. The van der Waals surface area contributed by atoms with Crippen molar-refractivity contribution in [1.29, 1.82) is 0 Å². The minimum absolute atomic E-state index is 0.00435. The van der Waals surface area contributed by atoms with Crippen LogP contribution in [0.3, 0.4) is 0 Å². The molecule has 2 aliphatic rings. The largest absolute Gasteiger partial charge is 0.367 e. The Morgan fingerprint density at radius 2 is 1.92 bits per heavy atom. The van der Waals surface area contributed by atoms with Crippen molar-refractivity contribution >= 4 is 11.8 Å². The third-order valence-corrected chi connectivity index (χ3v) is 5.01. The van der Waals surface area contributed by atoms with Crippen LogP contribution in [-0.2, 0) is 14.3 Å². The fourth-order valence-electron chi connectivity index (χ4n) is 3.40. The Labute approximate surface area is 147 Å². The molecule has 138 valence electrons. The minimum Gasteiger partial charge on any atom is -0.367 e. The van der Waals surface area contributed by atoms with Gasteiger partial charge in [0.1, 0.15) is 6.10 Å². The standard InChI is InChI=1S/C17H27N5O3/c1-11(2)15-18-16(20-19-15)14-10-22(8-9-25-14)17(24)13-4-6-21(7-5-13)12(3)23/h11,13-14H,4-10H2,1-3H3,(H,18,19,20)/t14-/m0/s1. The second-order valence-electron chi connectivity index (χ2n) is 7.16.